The molecule has 118 valence electrons. The molecule has 2 rings (SSSR count). The molecule has 21 heavy (non-hydrogen) atoms. The monoisotopic (exact) mass is 334 g/mol. The Morgan fingerprint density at radius 1 is 1.62 bits per heavy atom. The first-order valence-corrected chi connectivity index (χ1v) is 8.89. The van der Waals surface area contributed by atoms with E-state index in [4.69, 9.17) is 5.73 Å². The molecular formula is C11H18N4O4S2. The van der Waals surface area contributed by atoms with Crippen molar-refractivity contribution in [3.05, 3.63) is 0 Å². The summed E-state index contributed by atoms with van der Waals surface area (Å²) in [6.45, 7) is 2.70. The number of nitrogen functional groups attached to an aromatic ring is 1. The molecule has 1 aromatic rings. The second-order valence-corrected chi connectivity index (χ2v) is 7.64. The minimum absolute atomic E-state index is 0.0275. The van der Waals surface area contributed by atoms with Crippen molar-refractivity contribution < 1.29 is 17.9 Å². The van der Waals surface area contributed by atoms with E-state index < -0.39 is 15.9 Å². The van der Waals surface area contributed by atoms with Gasteiger partial charge >= 0.3 is 6.09 Å². The second-order valence-electron chi connectivity index (χ2n) is 4.67. The first-order valence-electron chi connectivity index (χ1n) is 6.46. The van der Waals surface area contributed by atoms with Gasteiger partial charge in [-0.15, -0.1) is 0 Å². The molecule has 1 aliphatic heterocycles. The van der Waals surface area contributed by atoms with E-state index in [1.807, 2.05) is 4.90 Å². The van der Waals surface area contributed by atoms with Gasteiger partial charge in [0, 0.05) is 13.1 Å². The van der Waals surface area contributed by atoms with Crippen molar-refractivity contribution >= 4 is 38.3 Å². The molecule has 1 aliphatic rings. The highest BCUT2D eigenvalue weighted by Crippen LogP contribution is 2.36. The quantitative estimate of drug-likeness (QED) is 0.821. The Labute approximate surface area is 127 Å². The van der Waals surface area contributed by atoms with Gasteiger partial charge in [0.15, 0.2) is 15.7 Å². The van der Waals surface area contributed by atoms with Gasteiger partial charge in [-0.3, -0.25) is 0 Å². The Balaban J connectivity index is 2.20. The van der Waals surface area contributed by atoms with E-state index in [0.29, 0.717) is 24.5 Å². The van der Waals surface area contributed by atoms with Crippen LogP contribution in [0, 0.1) is 0 Å². The average molecular weight is 334 g/mol. The molecule has 1 atom stereocenters. The number of nitrogens with one attached hydrogen (secondary N) is 1. The molecule has 0 radical (unpaired) electrons. The molecule has 0 saturated carbocycles. The summed E-state index contributed by atoms with van der Waals surface area (Å²) in [5.74, 6) is 0.0153. The number of methoxy groups -OCH3 is 1. The second kappa shape index (κ2) is 6.06. The summed E-state index contributed by atoms with van der Waals surface area (Å²) in [6, 6.07) is -0.0852. The molecule has 0 aliphatic carbocycles. The van der Waals surface area contributed by atoms with Crippen LogP contribution in [-0.4, -0.2) is 50.9 Å². The summed E-state index contributed by atoms with van der Waals surface area (Å²) in [5, 5.41) is 3.25. The Hall–Kier alpha value is -1.55. The third-order valence-corrected chi connectivity index (χ3v) is 6.17. The smallest absolute Gasteiger partial charge is 0.407 e. The number of alkyl carbamates (subject to hydrolysis) is 1. The summed E-state index contributed by atoms with van der Waals surface area (Å²) in [5.41, 5.74) is 5.71. The lowest BCUT2D eigenvalue weighted by molar-refractivity contribution is 0.167. The van der Waals surface area contributed by atoms with Gasteiger partial charge in [0.1, 0.15) is 9.90 Å². The number of rotatable bonds is 4. The van der Waals surface area contributed by atoms with Crippen molar-refractivity contribution in [3.8, 4) is 0 Å². The van der Waals surface area contributed by atoms with Gasteiger partial charge in [0.2, 0.25) is 0 Å². The zero-order valence-corrected chi connectivity index (χ0v) is 13.5. The van der Waals surface area contributed by atoms with Crippen LogP contribution >= 0.6 is 11.5 Å². The maximum absolute atomic E-state index is 12.1. The van der Waals surface area contributed by atoms with Gasteiger partial charge in [0.05, 0.1) is 18.9 Å². The number of nitrogens with zero attached hydrogens (tertiary/aromatic N) is 2. The maximum Gasteiger partial charge on any atom is 0.407 e. The molecule has 1 fully saturated rings. The third-order valence-electron chi connectivity index (χ3n) is 3.33. The highest BCUT2D eigenvalue weighted by Gasteiger charge is 2.32. The molecule has 2 heterocycles. The minimum atomic E-state index is -3.43. The van der Waals surface area contributed by atoms with Crippen LogP contribution in [0.15, 0.2) is 4.90 Å². The van der Waals surface area contributed by atoms with Gasteiger partial charge in [0.25, 0.3) is 0 Å². The molecule has 0 bridgehead atoms. The van der Waals surface area contributed by atoms with E-state index >= 15 is 0 Å². The molecule has 1 unspecified atom stereocenters. The lowest BCUT2D eigenvalue weighted by atomic mass is 10.3. The highest BCUT2D eigenvalue weighted by molar-refractivity contribution is 7.91. The predicted octanol–water partition coefficient (Wildman–Crippen LogP) is 0.454. The average Bonchev–Trinajstić information content (AvgIpc) is 3.05. The van der Waals surface area contributed by atoms with Crippen molar-refractivity contribution in [1.82, 2.24) is 9.69 Å². The summed E-state index contributed by atoms with van der Waals surface area (Å²) in [4.78, 5) is 13.2. The number of ether oxygens (including phenoxy) is 1. The maximum atomic E-state index is 12.1. The van der Waals surface area contributed by atoms with Crippen LogP contribution in [0.4, 0.5) is 15.6 Å². The molecule has 0 spiro atoms. The van der Waals surface area contributed by atoms with Gasteiger partial charge in [-0.1, -0.05) is 6.92 Å². The number of hydrogen-bond acceptors (Lipinski definition) is 8. The summed E-state index contributed by atoms with van der Waals surface area (Å²) in [7, 11) is -2.13. The van der Waals surface area contributed by atoms with Crippen LogP contribution in [0.3, 0.4) is 0 Å². The van der Waals surface area contributed by atoms with E-state index in [0.717, 1.165) is 11.5 Å². The van der Waals surface area contributed by atoms with E-state index in [2.05, 4.69) is 14.4 Å². The number of hydrogen-bond donors (Lipinski definition) is 2. The number of nitrogens with two attached hydrogens (primary N) is 1. The molecule has 1 aromatic heterocycles. The van der Waals surface area contributed by atoms with Crippen molar-refractivity contribution in [2.24, 2.45) is 0 Å². The molecular weight excluding hydrogens is 316 g/mol. The van der Waals surface area contributed by atoms with Crippen LogP contribution in [0.2, 0.25) is 0 Å². The van der Waals surface area contributed by atoms with Crippen LogP contribution in [0.5, 0.6) is 0 Å². The van der Waals surface area contributed by atoms with Gasteiger partial charge in [-0.25, -0.2) is 13.2 Å². The lowest BCUT2D eigenvalue weighted by Crippen LogP contribution is -2.37. The minimum Gasteiger partial charge on any atom is -0.453 e. The first kappa shape index (κ1) is 15.8. The number of sulfone groups is 1. The SMILES string of the molecule is CCS(=O)(=O)c1c(N)nsc1N1CCC(NC(=O)OC)C1. The standard InChI is InChI=1S/C11H18N4O4S2/c1-3-21(17,18)8-9(12)14-20-10(8)15-5-4-7(6-15)13-11(16)19-2/h7H,3-6H2,1-2H3,(H2,12,14)(H,13,16). The summed E-state index contributed by atoms with van der Waals surface area (Å²) in [6.07, 6.45) is 0.213. The van der Waals surface area contributed by atoms with Crippen molar-refractivity contribution in [2.75, 3.05) is 36.6 Å². The van der Waals surface area contributed by atoms with Crippen LogP contribution in [0.25, 0.3) is 0 Å². The van der Waals surface area contributed by atoms with E-state index in [9.17, 15) is 13.2 Å². The number of amides is 1. The number of aromatic nitrogens is 1. The molecule has 8 nitrogen and oxygen atoms in total. The van der Waals surface area contributed by atoms with Gasteiger partial charge < -0.3 is 20.7 Å². The molecule has 1 amide bonds. The zero-order valence-electron chi connectivity index (χ0n) is 11.8. The van der Waals surface area contributed by atoms with Crippen LogP contribution < -0.4 is 16.0 Å². The number of carbonyl (C=O) groups is 1. The van der Waals surface area contributed by atoms with Crippen molar-refractivity contribution in [1.29, 1.82) is 0 Å². The molecule has 10 heteroatoms. The van der Waals surface area contributed by atoms with Crippen molar-refractivity contribution in [2.45, 2.75) is 24.3 Å². The Kier molecular flexibility index (Phi) is 4.57. The van der Waals surface area contributed by atoms with Crippen LogP contribution in [0.1, 0.15) is 13.3 Å². The molecule has 1 saturated heterocycles. The van der Waals surface area contributed by atoms with E-state index in [1.54, 1.807) is 6.92 Å². The topological polar surface area (TPSA) is 115 Å². The van der Waals surface area contributed by atoms with Gasteiger partial charge in [-0.2, -0.15) is 4.37 Å². The Bertz CT molecular complexity index is 628. The zero-order chi connectivity index (χ0) is 15.6. The third kappa shape index (κ3) is 3.21. The Morgan fingerprint density at radius 2 is 2.33 bits per heavy atom. The fourth-order valence-electron chi connectivity index (χ4n) is 2.21. The molecule has 3 N–H and O–H groups in total. The van der Waals surface area contributed by atoms with Gasteiger partial charge in [-0.05, 0) is 18.0 Å². The summed E-state index contributed by atoms with van der Waals surface area (Å²) >= 11 is 1.07. The molecule has 0 aromatic carbocycles. The largest absolute Gasteiger partial charge is 0.453 e. The van der Waals surface area contributed by atoms with Crippen molar-refractivity contribution in [3.63, 3.8) is 0 Å². The fraction of sp³-hybridized carbons (Fsp3) is 0.636. The Morgan fingerprint density at radius 3 is 2.95 bits per heavy atom. The van der Waals surface area contributed by atoms with Crippen LogP contribution in [-0.2, 0) is 14.6 Å². The van der Waals surface area contributed by atoms with E-state index in [1.165, 1.54) is 7.11 Å². The number of carbonyl (C=O) groups excluding carboxylic acids is 1. The normalized spacial score (nSPS) is 18.8. The fourth-order valence-corrected chi connectivity index (χ4v) is 4.55. The first-order chi connectivity index (χ1) is 9.89. The van der Waals surface area contributed by atoms with E-state index in [-0.39, 0.29) is 22.5 Å². The predicted molar refractivity (Wildman–Crippen MR) is 80.4 cm³/mol. The lowest BCUT2D eigenvalue weighted by Gasteiger charge is -2.18. The highest BCUT2D eigenvalue weighted by atomic mass is 32.2. The number of anilines is 2. The summed E-state index contributed by atoms with van der Waals surface area (Å²) < 4.78 is 32.8.